The molecule has 0 saturated carbocycles. The Kier molecular flexibility index (Phi) is 6.30. The summed E-state index contributed by atoms with van der Waals surface area (Å²) in [5.74, 6) is 0. The van der Waals surface area contributed by atoms with E-state index in [9.17, 15) is 0 Å². The summed E-state index contributed by atoms with van der Waals surface area (Å²) in [5, 5.41) is 0. The van der Waals surface area contributed by atoms with E-state index in [-0.39, 0.29) is 5.41 Å². The van der Waals surface area contributed by atoms with E-state index in [1.165, 1.54) is 12.8 Å². The molecular formula is C13H22. The van der Waals surface area contributed by atoms with Crippen molar-refractivity contribution >= 4 is 0 Å². The molecule has 0 aliphatic heterocycles. The van der Waals surface area contributed by atoms with E-state index in [2.05, 4.69) is 64.2 Å². The molecule has 0 heteroatoms. The predicted octanol–water partition coefficient (Wildman–Crippen LogP) is 4.50. The molecule has 0 aromatic rings. The van der Waals surface area contributed by atoms with E-state index < -0.39 is 0 Å². The molecule has 0 aliphatic rings. The predicted molar refractivity (Wildman–Crippen MR) is 61.8 cm³/mol. The fourth-order valence-corrected chi connectivity index (χ4v) is 0.814. The zero-order valence-electron chi connectivity index (χ0n) is 9.38. The zero-order valence-corrected chi connectivity index (χ0v) is 9.38. The van der Waals surface area contributed by atoms with Crippen molar-refractivity contribution in [2.24, 2.45) is 5.41 Å². The van der Waals surface area contributed by atoms with Gasteiger partial charge in [0, 0.05) is 0 Å². The largest absolute Gasteiger partial charge is 0.0845 e. The molecule has 0 radical (unpaired) electrons. The summed E-state index contributed by atoms with van der Waals surface area (Å²) >= 11 is 0. The number of rotatable bonds is 4. The van der Waals surface area contributed by atoms with Crippen LogP contribution in [0.4, 0.5) is 0 Å². The molecule has 0 saturated heterocycles. The fraction of sp³-hybridized carbons (Fsp3) is 0.538. The summed E-state index contributed by atoms with van der Waals surface area (Å²) in [7, 11) is 0. The van der Waals surface area contributed by atoms with Gasteiger partial charge in [-0.3, -0.25) is 0 Å². The standard InChI is InChI=1S/C13H22/c1-5-6-7-8-9-10-11-12-13(2,3)4/h7-12H,5-6H2,1-4H3/b8-7+,10-9+,12-11+. The van der Waals surface area contributed by atoms with Crippen molar-refractivity contribution in [2.45, 2.75) is 40.5 Å². The van der Waals surface area contributed by atoms with E-state index in [1.54, 1.807) is 0 Å². The molecule has 13 heavy (non-hydrogen) atoms. The van der Waals surface area contributed by atoms with Gasteiger partial charge < -0.3 is 0 Å². The first-order chi connectivity index (χ1) is 6.06. The maximum Gasteiger partial charge on any atom is -0.0200 e. The highest BCUT2D eigenvalue weighted by Crippen LogP contribution is 2.14. The third-order valence-electron chi connectivity index (χ3n) is 1.52. The van der Waals surface area contributed by atoms with Gasteiger partial charge in [-0.1, -0.05) is 70.6 Å². The number of hydrogen-bond acceptors (Lipinski definition) is 0. The molecule has 0 spiro atoms. The Labute approximate surface area is 83.0 Å². The summed E-state index contributed by atoms with van der Waals surface area (Å²) in [6, 6.07) is 0. The third-order valence-corrected chi connectivity index (χ3v) is 1.52. The maximum absolute atomic E-state index is 2.21. The second-order valence-corrected chi connectivity index (χ2v) is 4.33. The molecule has 0 aromatic heterocycles. The van der Waals surface area contributed by atoms with Crippen LogP contribution in [-0.2, 0) is 0 Å². The van der Waals surface area contributed by atoms with Gasteiger partial charge in [0.2, 0.25) is 0 Å². The summed E-state index contributed by atoms with van der Waals surface area (Å²) in [6.07, 6.45) is 15.2. The first kappa shape index (κ1) is 12.2. The monoisotopic (exact) mass is 178 g/mol. The first-order valence-electron chi connectivity index (χ1n) is 5.07. The van der Waals surface area contributed by atoms with E-state index in [0.717, 1.165) is 0 Å². The second kappa shape index (κ2) is 6.71. The summed E-state index contributed by atoms with van der Waals surface area (Å²) in [4.78, 5) is 0. The van der Waals surface area contributed by atoms with Crippen LogP contribution in [0.5, 0.6) is 0 Å². The molecule has 0 bridgehead atoms. The number of unbranched alkanes of at least 4 members (excludes halogenated alkanes) is 1. The van der Waals surface area contributed by atoms with Gasteiger partial charge in [0.1, 0.15) is 0 Å². The van der Waals surface area contributed by atoms with Crippen molar-refractivity contribution in [3.63, 3.8) is 0 Å². The van der Waals surface area contributed by atoms with E-state index >= 15 is 0 Å². The summed E-state index contributed by atoms with van der Waals surface area (Å²) in [5.41, 5.74) is 0.289. The Morgan fingerprint density at radius 3 is 2.08 bits per heavy atom. The molecule has 0 atom stereocenters. The lowest BCUT2D eigenvalue weighted by Gasteiger charge is -2.09. The Balaban J connectivity index is 3.69. The van der Waals surface area contributed by atoms with Crippen molar-refractivity contribution in [3.05, 3.63) is 36.5 Å². The van der Waals surface area contributed by atoms with E-state index in [4.69, 9.17) is 0 Å². The van der Waals surface area contributed by atoms with Crippen LogP contribution in [0.15, 0.2) is 36.5 Å². The van der Waals surface area contributed by atoms with Gasteiger partial charge in [-0.2, -0.15) is 0 Å². The first-order valence-corrected chi connectivity index (χ1v) is 5.07. The number of allylic oxidation sites excluding steroid dienone is 6. The molecule has 0 N–H and O–H groups in total. The van der Waals surface area contributed by atoms with Crippen LogP contribution in [-0.4, -0.2) is 0 Å². The average molecular weight is 178 g/mol. The van der Waals surface area contributed by atoms with Gasteiger partial charge in [0.15, 0.2) is 0 Å². The second-order valence-electron chi connectivity index (χ2n) is 4.33. The highest BCUT2D eigenvalue weighted by Gasteiger charge is 2.01. The minimum absolute atomic E-state index is 0.289. The fourth-order valence-electron chi connectivity index (χ4n) is 0.814. The Hall–Kier alpha value is -0.780. The van der Waals surface area contributed by atoms with Crippen LogP contribution in [0.25, 0.3) is 0 Å². The third kappa shape index (κ3) is 11.2. The zero-order chi connectivity index (χ0) is 10.2. The van der Waals surface area contributed by atoms with E-state index in [1.807, 2.05) is 0 Å². The van der Waals surface area contributed by atoms with Crippen LogP contribution in [0.2, 0.25) is 0 Å². The van der Waals surface area contributed by atoms with Crippen molar-refractivity contribution in [3.8, 4) is 0 Å². The van der Waals surface area contributed by atoms with Gasteiger partial charge in [-0.15, -0.1) is 0 Å². The Morgan fingerprint density at radius 2 is 1.54 bits per heavy atom. The Morgan fingerprint density at radius 1 is 0.923 bits per heavy atom. The SMILES string of the molecule is CCC/C=C/C=C/C=C/C(C)(C)C. The average Bonchev–Trinajstić information content (AvgIpc) is 2.01. The van der Waals surface area contributed by atoms with Crippen molar-refractivity contribution in [1.29, 1.82) is 0 Å². The van der Waals surface area contributed by atoms with Gasteiger partial charge in [0.25, 0.3) is 0 Å². The maximum atomic E-state index is 2.21. The Bertz CT molecular complexity index is 187. The lowest BCUT2D eigenvalue weighted by Crippen LogP contribution is -1.97. The summed E-state index contributed by atoms with van der Waals surface area (Å²) < 4.78 is 0. The topological polar surface area (TPSA) is 0 Å². The molecular weight excluding hydrogens is 156 g/mol. The van der Waals surface area contributed by atoms with Gasteiger partial charge in [0.05, 0.1) is 0 Å². The molecule has 0 aromatic carbocycles. The quantitative estimate of drug-likeness (QED) is 0.556. The van der Waals surface area contributed by atoms with Crippen LogP contribution >= 0.6 is 0 Å². The molecule has 0 heterocycles. The van der Waals surface area contributed by atoms with Crippen LogP contribution in [0.3, 0.4) is 0 Å². The molecule has 0 amide bonds. The van der Waals surface area contributed by atoms with Crippen molar-refractivity contribution < 1.29 is 0 Å². The van der Waals surface area contributed by atoms with Gasteiger partial charge >= 0.3 is 0 Å². The smallest absolute Gasteiger partial charge is 0.0200 e. The normalized spacial score (nSPS) is 13.8. The van der Waals surface area contributed by atoms with Gasteiger partial charge in [-0.25, -0.2) is 0 Å². The molecule has 0 unspecified atom stereocenters. The van der Waals surface area contributed by atoms with Crippen LogP contribution in [0, 0.1) is 5.41 Å². The van der Waals surface area contributed by atoms with Crippen LogP contribution < -0.4 is 0 Å². The highest BCUT2D eigenvalue weighted by atomic mass is 14.1. The van der Waals surface area contributed by atoms with Crippen molar-refractivity contribution in [2.75, 3.05) is 0 Å². The lowest BCUT2D eigenvalue weighted by atomic mass is 9.96. The minimum atomic E-state index is 0.289. The lowest BCUT2D eigenvalue weighted by molar-refractivity contribution is 0.544. The molecule has 0 aliphatic carbocycles. The number of hydrogen-bond donors (Lipinski definition) is 0. The van der Waals surface area contributed by atoms with Gasteiger partial charge in [-0.05, 0) is 11.8 Å². The van der Waals surface area contributed by atoms with Crippen LogP contribution in [0.1, 0.15) is 40.5 Å². The van der Waals surface area contributed by atoms with Crippen molar-refractivity contribution in [1.82, 2.24) is 0 Å². The highest BCUT2D eigenvalue weighted by molar-refractivity contribution is 5.12. The molecule has 0 rings (SSSR count). The minimum Gasteiger partial charge on any atom is -0.0845 e. The summed E-state index contributed by atoms with van der Waals surface area (Å²) in [6.45, 7) is 8.78. The molecule has 0 nitrogen and oxygen atoms in total. The molecule has 74 valence electrons. The van der Waals surface area contributed by atoms with E-state index in [0.29, 0.717) is 0 Å². The molecule has 0 fully saturated rings.